The molecule has 1 aliphatic rings. The molecule has 0 unspecified atom stereocenters. The predicted octanol–water partition coefficient (Wildman–Crippen LogP) is 1.54. The minimum atomic E-state index is -0.455. The van der Waals surface area contributed by atoms with E-state index in [0.717, 1.165) is 17.1 Å². The molecule has 0 radical (unpaired) electrons. The Morgan fingerprint density at radius 2 is 1.68 bits per heavy atom. The molecule has 1 fully saturated rings. The number of nitrogens with zero attached hydrogens (tertiary/aromatic N) is 4. The molecule has 0 spiro atoms. The summed E-state index contributed by atoms with van der Waals surface area (Å²) in [5.74, 6) is 1.44. The third-order valence-electron chi connectivity index (χ3n) is 6.35. The molecule has 1 saturated heterocycles. The van der Waals surface area contributed by atoms with Gasteiger partial charge in [0.05, 0.1) is 25.1 Å². The van der Waals surface area contributed by atoms with Gasteiger partial charge in [-0.3, -0.25) is 23.6 Å². The summed E-state index contributed by atoms with van der Waals surface area (Å²) in [6.45, 7) is 5.13. The van der Waals surface area contributed by atoms with Gasteiger partial charge in [0, 0.05) is 44.8 Å². The highest BCUT2D eigenvalue weighted by Gasteiger charge is 2.24. The highest BCUT2D eigenvalue weighted by atomic mass is 16.5. The van der Waals surface area contributed by atoms with E-state index in [4.69, 9.17) is 9.47 Å². The van der Waals surface area contributed by atoms with Gasteiger partial charge >= 0.3 is 5.69 Å². The quantitative estimate of drug-likeness (QED) is 0.525. The summed E-state index contributed by atoms with van der Waals surface area (Å²) < 4.78 is 13.4. The van der Waals surface area contributed by atoms with Gasteiger partial charge in [-0.2, -0.15) is 0 Å². The van der Waals surface area contributed by atoms with Gasteiger partial charge < -0.3 is 14.4 Å². The second-order valence-electron chi connectivity index (χ2n) is 8.27. The van der Waals surface area contributed by atoms with Gasteiger partial charge in [0.2, 0.25) is 5.91 Å². The molecular formula is C25H30N4O5. The van der Waals surface area contributed by atoms with Crippen molar-refractivity contribution in [2.75, 3.05) is 40.4 Å². The summed E-state index contributed by atoms with van der Waals surface area (Å²) in [6.07, 6.45) is 0. The Morgan fingerprint density at radius 1 is 0.941 bits per heavy atom. The molecule has 1 amide bonds. The Labute approximate surface area is 197 Å². The summed E-state index contributed by atoms with van der Waals surface area (Å²) in [7, 11) is 3.28. The topological polar surface area (TPSA) is 86.0 Å². The molecule has 0 N–H and O–H groups in total. The van der Waals surface area contributed by atoms with Crippen molar-refractivity contribution in [3.63, 3.8) is 0 Å². The molecular weight excluding hydrogens is 436 g/mol. The summed E-state index contributed by atoms with van der Waals surface area (Å²) in [6, 6.07) is 12.7. The monoisotopic (exact) mass is 466 g/mol. The van der Waals surface area contributed by atoms with Gasteiger partial charge in [0.1, 0.15) is 18.0 Å². The van der Waals surface area contributed by atoms with Gasteiger partial charge in [-0.25, -0.2) is 4.79 Å². The summed E-state index contributed by atoms with van der Waals surface area (Å²) in [5.41, 5.74) is 0.734. The Bertz CT molecular complexity index is 1300. The van der Waals surface area contributed by atoms with Gasteiger partial charge in [-0.15, -0.1) is 0 Å². The fourth-order valence-electron chi connectivity index (χ4n) is 4.44. The SMILES string of the molecule is CCn1c(=O)c2ccccc2n(CC(=O)N2CCN(Cc3cc(OC)ccc3OC)CC2)c1=O. The number of hydrogen-bond donors (Lipinski definition) is 0. The largest absolute Gasteiger partial charge is 0.497 e. The fraction of sp³-hybridized carbons (Fsp3) is 0.400. The molecule has 0 atom stereocenters. The van der Waals surface area contributed by atoms with Crippen LogP contribution in [0.25, 0.3) is 10.9 Å². The second-order valence-corrected chi connectivity index (χ2v) is 8.27. The van der Waals surface area contributed by atoms with Crippen molar-refractivity contribution in [3.8, 4) is 11.5 Å². The second kappa shape index (κ2) is 10.1. The minimum Gasteiger partial charge on any atom is -0.497 e. The molecule has 180 valence electrons. The van der Waals surface area contributed by atoms with Crippen molar-refractivity contribution >= 4 is 16.8 Å². The van der Waals surface area contributed by atoms with Crippen molar-refractivity contribution in [2.45, 2.75) is 26.6 Å². The molecule has 0 bridgehead atoms. The Kier molecular flexibility index (Phi) is 7.02. The first kappa shape index (κ1) is 23.6. The maximum atomic E-state index is 13.1. The number of fused-ring (bicyclic) bond motifs is 1. The van der Waals surface area contributed by atoms with Crippen molar-refractivity contribution in [3.05, 3.63) is 68.9 Å². The van der Waals surface area contributed by atoms with Crippen LogP contribution in [0.4, 0.5) is 0 Å². The molecule has 2 aromatic carbocycles. The number of amides is 1. The average molecular weight is 467 g/mol. The van der Waals surface area contributed by atoms with E-state index in [9.17, 15) is 14.4 Å². The predicted molar refractivity (Wildman–Crippen MR) is 130 cm³/mol. The number of carbonyl (C=O) groups is 1. The molecule has 4 rings (SSSR count). The smallest absolute Gasteiger partial charge is 0.331 e. The van der Waals surface area contributed by atoms with Crippen molar-refractivity contribution in [2.24, 2.45) is 0 Å². The molecule has 3 aromatic rings. The lowest BCUT2D eigenvalue weighted by Crippen LogP contribution is -2.50. The van der Waals surface area contributed by atoms with E-state index in [0.29, 0.717) is 43.6 Å². The van der Waals surface area contributed by atoms with Gasteiger partial charge in [0.15, 0.2) is 0 Å². The van der Waals surface area contributed by atoms with Crippen LogP contribution in [0, 0.1) is 0 Å². The van der Waals surface area contributed by atoms with Crippen molar-refractivity contribution < 1.29 is 14.3 Å². The van der Waals surface area contributed by atoms with E-state index in [2.05, 4.69) is 4.90 Å². The van der Waals surface area contributed by atoms with Crippen molar-refractivity contribution in [1.29, 1.82) is 0 Å². The lowest BCUT2D eigenvalue weighted by molar-refractivity contribution is -0.133. The molecule has 34 heavy (non-hydrogen) atoms. The first-order valence-electron chi connectivity index (χ1n) is 11.4. The standard InChI is InChI=1S/C25H30N4O5/c1-4-28-24(31)20-7-5-6-8-21(20)29(25(28)32)17-23(30)27-13-11-26(12-14-27)16-18-15-19(33-2)9-10-22(18)34-3/h5-10,15H,4,11-14,16-17H2,1-3H3. The van der Waals surface area contributed by atoms with Crippen LogP contribution in [0.3, 0.4) is 0 Å². The maximum Gasteiger partial charge on any atom is 0.331 e. The van der Waals surface area contributed by atoms with Crippen LogP contribution in [0.15, 0.2) is 52.1 Å². The summed E-state index contributed by atoms with van der Waals surface area (Å²) >= 11 is 0. The highest BCUT2D eigenvalue weighted by molar-refractivity contribution is 5.81. The first-order valence-corrected chi connectivity index (χ1v) is 11.4. The lowest BCUT2D eigenvalue weighted by atomic mass is 10.1. The van der Waals surface area contributed by atoms with Crippen LogP contribution in [-0.2, 0) is 24.4 Å². The normalized spacial score (nSPS) is 14.4. The zero-order chi connectivity index (χ0) is 24.2. The molecule has 9 heteroatoms. The van der Waals surface area contributed by atoms with E-state index in [1.807, 2.05) is 18.2 Å². The zero-order valence-electron chi connectivity index (χ0n) is 19.8. The Hall–Kier alpha value is -3.59. The van der Waals surface area contributed by atoms with E-state index in [-0.39, 0.29) is 24.6 Å². The zero-order valence-corrected chi connectivity index (χ0v) is 19.8. The van der Waals surface area contributed by atoms with Gasteiger partial charge in [-0.05, 0) is 37.3 Å². The number of rotatable bonds is 7. The van der Waals surface area contributed by atoms with Crippen LogP contribution < -0.4 is 20.7 Å². The molecule has 9 nitrogen and oxygen atoms in total. The van der Waals surface area contributed by atoms with Crippen molar-refractivity contribution in [1.82, 2.24) is 18.9 Å². The van der Waals surface area contributed by atoms with Gasteiger partial charge in [-0.1, -0.05) is 12.1 Å². The van der Waals surface area contributed by atoms with E-state index >= 15 is 0 Å². The summed E-state index contributed by atoms with van der Waals surface area (Å²) in [5, 5.41) is 0.439. The molecule has 1 aliphatic heterocycles. The third kappa shape index (κ3) is 4.56. The van der Waals surface area contributed by atoms with Gasteiger partial charge in [0.25, 0.3) is 5.56 Å². The van der Waals surface area contributed by atoms with Crippen LogP contribution in [0.2, 0.25) is 0 Å². The molecule has 0 aliphatic carbocycles. The van der Waals surface area contributed by atoms with Crippen LogP contribution >= 0.6 is 0 Å². The Balaban J connectivity index is 1.47. The van der Waals surface area contributed by atoms with E-state index < -0.39 is 5.69 Å². The first-order chi connectivity index (χ1) is 16.5. The van der Waals surface area contributed by atoms with Crippen LogP contribution in [-0.4, -0.2) is 65.2 Å². The van der Waals surface area contributed by atoms with Crippen LogP contribution in [0.5, 0.6) is 11.5 Å². The highest BCUT2D eigenvalue weighted by Crippen LogP contribution is 2.25. The number of ether oxygens (including phenoxy) is 2. The summed E-state index contributed by atoms with van der Waals surface area (Å²) in [4.78, 5) is 42.7. The number of methoxy groups -OCH3 is 2. The minimum absolute atomic E-state index is 0.0939. The fourth-order valence-corrected chi connectivity index (χ4v) is 4.44. The number of piperazine rings is 1. The molecule has 2 heterocycles. The number of para-hydroxylation sites is 1. The lowest BCUT2D eigenvalue weighted by Gasteiger charge is -2.35. The van der Waals surface area contributed by atoms with Crippen LogP contribution in [0.1, 0.15) is 12.5 Å². The van der Waals surface area contributed by atoms with E-state index in [1.54, 1.807) is 50.3 Å². The Morgan fingerprint density at radius 3 is 2.35 bits per heavy atom. The number of carbonyl (C=O) groups excluding carboxylic acids is 1. The third-order valence-corrected chi connectivity index (χ3v) is 6.35. The number of hydrogen-bond acceptors (Lipinski definition) is 6. The molecule has 0 saturated carbocycles. The average Bonchev–Trinajstić information content (AvgIpc) is 2.87. The number of aromatic nitrogens is 2. The maximum absolute atomic E-state index is 13.1. The number of benzene rings is 2. The molecule has 1 aromatic heterocycles. The van der Waals surface area contributed by atoms with E-state index in [1.165, 1.54) is 9.13 Å².